The minimum Gasteiger partial charge on any atom is -0.400 e. The third-order valence-electron chi connectivity index (χ3n) is 1.81. The van der Waals surface area contributed by atoms with Crippen molar-refractivity contribution < 1.29 is 26.7 Å². The first-order valence-corrected chi connectivity index (χ1v) is 4.41. The molecule has 0 fully saturated rings. The molecule has 0 saturated carbocycles. The summed E-state index contributed by atoms with van der Waals surface area (Å²) in [6.45, 7) is 0. The summed E-state index contributed by atoms with van der Waals surface area (Å²) < 4.78 is 64.0. The van der Waals surface area contributed by atoms with E-state index in [1.807, 2.05) is 0 Å². The van der Waals surface area contributed by atoms with Crippen molar-refractivity contribution in [2.24, 2.45) is 0 Å². The van der Waals surface area contributed by atoms with Gasteiger partial charge in [-0.25, -0.2) is 8.78 Å². The molecule has 0 radical (unpaired) electrons. The molecule has 1 heterocycles. The maximum absolute atomic E-state index is 12.3. The predicted octanol–water partition coefficient (Wildman–Crippen LogP) is 2.28. The molecule has 0 spiro atoms. The van der Waals surface area contributed by atoms with Gasteiger partial charge in [0.05, 0.1) is 18.2 Å². The molecule has 0 aromatic carbocycles. The fourth-order valence-electron chi connectivity index (χ4n) is 1.18. The van der Waals surface area contributed by atoms with Crippen molar-refractivity contribution in [3.63, 3.8) is 0 Å². The van der Waals surface area contributed by atoms with E-state index in [4.69, 9.17) is 5.26 Å². The van der Waals surface area contributed by atoms with Gasteiger partial charge in [0.1, 0.15) is 0 Å². The van der Waals surface area contributed by atoms with Gasteiger partial charge in [0.2, 0.25) is 0 Å². The molecule has 98 valence electrons. The molecule has 0 saturated heterocycles. The van der Waals surface area contributed by atoms with Crippen LogP contribution in [0, 0.1) is 11.3 Å². The monoisotopic (exact) mass is 268 g/mol. The quantitative estimate of drug-likeness (QED) is 0.855. The maximum Gasteiger partial charge on any atom is 0.573 e. The van der Waals surface area contributed by atoms with Crippen molar-refractivity contribution in [3.05, 3.63) is 27.7 Å². The van der Waals surface area contributed by atoms with Gasteiger partial charge in [-0.15, -0.1) is 13.2 Å². The van der Waals surface area contributed by atoms with E-state index >= 15 is 0 Å². The van der Waals surface area contributed by atoms with Crippen LogP contribution in [0.3, 0.4) is 0 Å². The number of aromatic nitrogens is 1. The van der Waals surface area contributed by atoms with E-state index in [1.54, 1.807) is 4.98 Å². The number of rotatable bonds is 3. The van der Waals surface area contributed by atoms with Crippen LogP contribution in [0.4, 0.5) is 22.0 Å². The molecule has 1 aromatic heterocycles. The summed E-state index contributed by atoms with van der Waals surface area (Å²) in [4.78, 5) is 12.8. The van der Waals surface area contributed by atoms with Gasteiger partial charge in [-0.3, -0.25) is 4.79 Å². The molecular formula is C9H5F5N2O2. The van der Waals surface area contributed by atoms with Crippen molar-refractivity contribution in [1.29, 1.82) is 5.26 Å². The topological polar surface area (TPSA) is 65.9 Å². The molecule has 1 rings (SSSR count). The molecule has 0 aliphatic rings. The van der Waals surface area contributed by atoms with Crippen LogP contribution in [-0.2, 0) is 6.42 Å². The summed E-state index contributed by atoms with van der Waals surface area (Å²) in [6, 6.07) is 2.05. The molecular weight excluding hydrogens is 263 g/mol. The van der Waals surface area contributed by atoms with E-state index in [2.05, 4.69) is 4.74 Å². The van der Waals surface area contributed by atoms with Crippen LogP contribution in [0.5, 0.6) is 5.75 Å². The zero-order valence-corrected chi connectivity index (χ0v) is 8.52. The summed E-state index contributed by atoms with van der Waals surface area (Å²) in [5, 5.41) is 8.38. The number of pyridine rings is 1. The lowest BCUT2D eigenvalue weighted by Crippen LogP contribution is -2.25. The molecule has 1 aromatic rings. The Balaban J connectivity index is 3.33. The minimum atomic E-state index is -5.15. The fraction of sp³-hybridized carbons (Fsp3) is 0.333. The van der Waals surface area contributed by atoms with Gasteiger partial charge in [0.15, 0.2) is 5.75 Å². The first-order chi connectivity index (χ1) is 8.24. The Morgan fingerprint density at radius 2 is 2.06 bits per heavy atom. The number of alkyl halides is 5. The number of ether oxygens (including phenoxy) is 1. The fourth-order valence-corrected chi connectivity index (χ4v) is 1.18. The Morgan fingerprint density at radius 3 is 2.50 bits per heavy atom. The number of nitrogens with zero attached hydrogens (tertiary/aromatic N) is 1. The molecule has 0 atom stereocenters. The van der Waals surface area contributed by atoms with Crippen LogP contribution in [0.15, 0.2) is 10.9 Å². The summed E-state index contributed by atoms with van der Waals surface area (Å²) >= 11 is 0. The highest BCUT2D eigenvalue weighted by molar-refractivity contribution is 5.35. The van der Waals surface area contributed by atoms with Gasteiger partial charge < -0.3 is 9.72 Å². The van der Waals surface area contributed by atoms with Crippen LogP contribution in [-0.4, -0.2) is 11.3 Å². The van der Waals surface area contributed by atoms with Crippen LogP contribution in [0.25, 0.3) is 0 Å². The zero-order chi connectivity index (χ0) is 13.9. The molecule has 1 N–H and O–H groups in total. The molecule has 0 aliphatic heterocycles. The number of H-pyrrole nitrogens is 1. The summed E-state index contributed by atoms with van der Waals surface area (Å²) in [5.74, 6) is -1.20. The van der Waals surface area contributed by atoms with E-state index in [0.717, 1.165) is 0 Å². The summed E-state index contributed by atoms with van der Waals surface area (Å²) in [5.41, 5.74) is -2.89. The molecule has 18 heavy (non-hydrogen) atoms. The standard InChI is InChI=1S/C9H5F5N2O2/c10-7(11)5-3-4(1-2-15)6(8(17)16-5)18-9(12,13)14/h3,7H,1H2,(H,16,17). The van der Waals surface area contributed by atoms with Crippen molar-refractivity contribution in [2.75, 3.05) is 0 Å². The Bertz CT molecular complexity index is 529. The van der Waals surface area contributed by atoms with Gasteiger partial charge in [-0.1, -0.05) is 0 Å². The first kappa shape index (κ1) is 14.0. The lowest BCUT2D eigenvalue weighted by molar-refractivity contribution is -0.275. The minimum absolute atomic E-state index is 0.547. The number of halogens is 5. The number of hydrogen-bond donors (Lipinski definition) is 1. The molecule has 0 amide bonds. The highest BCUT2D eigenvalue weighted by Crippen LogP contribution is 2.25. The van der Waals surface area contributed by atoms with Gasteiger partial charge in [0, 0.05) is 5.56 Å². The van der Waals surface area contributed by atoms with E-state index < -0.39 is 41.8 Å². The first-order valence-electron chi connectivity index (χ1n) is 4.41. The normalized spacial score (nSPS) is 11.4. The summed E-state index contributed by atoms with van der Waals surface area (Å²) in [7, 11) is 0. The van der Waals surface area contributed by atoms with Gasteiger partial charge in [0.25, 0.3) is 12.0 Å². The second-order valence-corrected chi connectivity index (χ2v) is 3.09. The van der Waals surface area contributed by atoms with Crippen LogP contribution < -0.4 is 10.3 Å². The largest absolute Gasteiger partial charge is 0.573 e. The number of nitriles is 1. The van der Waals surface area contributed by atoms with Gasteiger partial charge >= 0.3 is 6.36 Å². The van der Waals surface area contributed by atoms with Gasteiger partial charge in [-0.2, -0.15) is 5.26 Å². The highest BCUT2D eigenvalue weighted by Gasteiger charge is 2.34. The number of hydrogen-bond acceptors (Lipinski definition) is 3. The van der Waals surface area contributed by atoms with E-state index in [-0.39, 0.29) is 0 Å². The average Bonchev–Trinajstić information content (AvgIpc) is 2.21. The lowest BCUT2D eigenvalue weighted by Gasteiger charge is -2.12. The zero-order valence-electron chi connectivity index (χ0n) is 8.52. The SMILES string of the molecule is N#CCc1cc(C(F)F)[nH]c(=O)c1OC(F)(F)F. The lowest BCUT2D eigenvalue weighted by atomic mass is 10.1. The second kappa shape index (κ2) is 5.03. The third kappa shape index (κ3) is 3.44. The Labute approximate surface area is 96.6 Å². The van der Waals surface area contributed by atoms with E-state index in [0.29, 0.717) is 6.07 Å². The van der Waals surface area contributed by atoms with Crippen molar-refractivity contribution in [3.8, 4) is 11.8 Å². The molecule has 4 nitrogen and oxygen atoms in total. The summed E-state index contributed by atoms with van der Waals surface area (Å²) in [6.07, 6.45) is -8.88. The average molecular weight is 268 g/mol. The van der Waals surface area contributed by atoms with Crippen LogP contribution in [0.2, 0.25) is 0 Å². The molecule has 0 unspecified atom stereocenters. The van der Waals surface area contributed by atoms with E-state index in [1.165, 1.54) is 6.07 Å². The second-order valence-electron chi connectivity index (χ2n) is 3.09. The van der Waals surface area contributed by atoms with Crippen molar-refractivity contribution in [2.45, 2.75) is 19.2 Å². The van der Waals surface area contributed by atoms with Crippen LogP contribution >= 0.6 is 0 Å². The van der Waals surface area contributed by atoms with Crippen molar-refractivity contribution in [1.82, 2.24) is 4.98 Å². The smallest absolute Gasteiger partial charge is 0.400 e. The molecule has 0 bridgehead atoms. The predicted molar refractivity (Wildman–Crippen MR) is 48.0 cm³/mol. The Kier molecular flexibility index (Phi) is 3.90. The molecule has 9 heteroatoms. The Morgan fingerprint density at radius 1 is 1.44 bits per heavy atom. The number of nitrogens with one attached hydrogen (secondary N) is 1. The maximum atomic E-state index is 12.3. The molecule has 0 aliphatic carbocycles. The number of aromatic amines is 1. The van der Waals surface area contributed by atoms with Crippen molar-refractivity contribution >= 4 is 0 Å². The van der Waals surface area contributed by atoms with Gasteiger partial charge in [-0.05, 0) is 6.07 Å². The van der Waals surface area contributed by atoms with E-state index in [9.17, 15) is 26.7 Å². The van der Waals surface area contributed by atoms with Crippen LogP contribution in [0.1, 0.15) is 17.7 Å². The third-order valence-corrected chi connectivity index (χ3v) is 1.81. The highest BCUT2D eigenvalue weighted by atomic mass is 19.4. The Hall–Kier alpha value is -2.11.